The van der Waals surface area contributed by atoms with E-state index in [4.69, 9.17) is 9.47 Å². The lowest BCUT2D eigenvalue weighted by atomic mass is 10.2. The summed E-state index contributed by atoms with van der Waals surface area (Å²) in [6, 6.07) is 13.2. The maximum absolute atomic E-state index is 12.3. The minimum atomic E-state index is -0.240. The van der Waals surface area contributed by atoms with Crippen LogP contribution in [0.3, 0.4) is 0 Å². The Morgan fingerprint density at radius 3 is 2.79 bits per heavy atom. The van der Waals surface area contributed by atoms with Gasteiger partial charge in [0.25, 0.3) is 5.91 Å². The molecule has 3 rings (SSSR count). The third-order valence-corrected chi connectivity index (χ3v) is 4.50. The largest absolute Gasteiger partial charge is 0.497 e. The van der Waals surface area contributed by atoms with Gasteiger partial charge in [0.05, 0.1) is 26.0 Å². The normalized spacial score (nSPS) is 10.9. The number of fused-ring (bicyclic) bond motifs is 1. The zero-order chi connectivity index (χ0) is 16.9. The van der Waals surface area contributed by atoms with Gasteiger partial charge in [0.1, 0.15) is 11.5 Å². The lowest BCUT2D eigenvalue weighted by molar-refractivity contribution is 0.0957. The highest BCUT2D eigenvalue weighted by Crippen LogP contribution is 2.25. The monoisotopic (exact) mass is 340 g/mol. The molecule has 122 valence electrons. The number of hydrogen-bond donors (Lipinski definition) is 1. The number of methoxy groups -OCH3 is 2. The van der Waals surface area contributed by atoms with Crippen molar-refractivity contribution in [2.24, 2.45) is 5.10 Å². The van der Waals surface area contributed by atoms with Crippen molar-refractivity contribution in [2.45, 2.75) is 0 Å². The molecule has 2 aromatic carbocycles. The molecule has 0 bridgehead atoms. The Hall–Kier alpha value is -2.86. The number of rotatable bonds is 5. The third-order valence-electron chi connectivity index (χ3n) is 3.54. The molecule has 1 aromatic heterocycles. The average Bonchev–Trinajstić information content (AvgIpc) is 3.06. The van der Waals surface area contributed by atoms with E-state index in [9.17, 15) is 4.79 Å². The number of carbonyl (C=O) groups is 1. The second-order valence-electron chi connectivity index (χ2n) is 4.95. The number of amides is 1. The molecule has 1 heterocycles. The van der Waals surface area contributed by atoms with Crippen LogP contribution in [0.25, 0.3) is 10.1 Å². The second kappa shape index (κ2) is 7.14. The van der Waals surface area contributed by atoms with E-state index in [1.807, 2.05) is 35.7 Å². The van der Waals surface area contributed by atoms with Crippen LogP contribution in [0.5, 0.6) is 11.5 Å². The molecule has 0 aliphatic carbocycles. The number of nitrogens with one attached hydrogen (secondary N) is 1. The lowest BCUT2D eigenvalue weighted by Crippen LogP contribution is -2.17. The predicted molar refractivity (Wildman–Crippen MR) is 96.4 cm³/mol. The van der Waals surface area contributed by atoms with E-state index in [-0.39, 0.29) is 5.91 Å². The minimum Gasteiger partial charge on any atom is -0.497 e. The van der Waals surface area contributed by atoms with E-state index in [2.05, 4.69) is 10.5 Å². The number of thiophene rings is 1. The first-order valence-electron chi connectivity index (χ1n) is 7.24. The highest BCUT2D eigenvalue weighted by Gasteiger charge is 2.11. The molecule has 0 unspecified atom stereocenters. The maximum atomic E-state index is 12.3. The van der Waals surface area contributed by atoms with Gasteiger partial charge < -0.3 is 9.47 Å². The molecule has 0 fully saturated rings. The van der Waals surface area contributed by atoms with E-state index >= 15 is 0 Å². The smallest absolute Gasteiger partial charge is 0.272 e. The first-order chi connectivity index (χ1) is 11.7. The highest BCUT2D eigenvalue weighted by molar-refractivity contribution is 7.17. The van der Waals surface area contributed by atoms with Gasteiger partial charge in [-0.05, 0) is 18.2 Å². The van der Waals surface area contributed by atoms with E-state index in [1.54, 1.807) is 32.6 Å². The van der Waals surface area contributed by atoms with E-state index < -0.39 is 0 Å². The Morgan fingerprint density at radius 2 is 2.00 bits per heavy atom. The Labute approximate surface area is 143 Å². The topological polar surface area (TPSA) is 59.9 Å². The van der Waals surface area contributed by atoms with Crippen LogP contribution in [0.1, 0.15) is 15.9 Å². The summed E-state index contributed by atoms with van der Waals surface area (Å²) in [5.41, 5.74) is 3.92. The minimum absolute atomic E-state index is 0.240. The number of hydrogen-bond acceptors (Lipinski definition) is 5. The summed E-state index contributed by atoms with van der Waals surface area (Å²) in [5.74, 6) is 1.07. The number of hydrazone groups is 1. The number of benzene rings is 2. The van der Waals surface area contributed by atoms with Gasteiger partial charge in [-0.3, -0.25) is 4.79 Å². The summed E-state index contributed by atoms with van der Waals surface area (Å²) in [7, 11) is 3.16. The van der Waals surface area contributed by atoms with Crippen LogP contribution in [-0.4, -0.2) is 26.3 Å². The van der Waals surface area contributed by atoms with Crippen molar-refractivity contribution >= 4 is 33.5 Å². The van der Waals surface area contributed by atoms with Gasteiger partial charge in [0.15, 0.2) is 0 Å². The van der Waals surface area contributed by atoms with Crippen LogP contribution in [0.15, 0.2) is 52.9 Å². The third kappa shape index (κ3) is 3.23. The molecule has 1 N–H and O–H groups in total. The van der Waals surface area contributed by atoms with Crippen LogP contribution in [0.2, 0.25) is 0 Å². The number of ether oxygens (including phenoxy) is 2. The highest BCUT2D eigenvalue weighted by atomic mass is 32.1. The summed E-state index contributed by atoms with van der Waals surface area (Å²) in [6.07, 6.45) is 1.55. The quantitative estimate of drug-likeness (QED) is 0.569. The SMILES string of the molecule is COc1ccc(/C=N/NC(=O)c2csc3ccccc23)c(OC)c1. The van der Waals surface area contributed by atoms with Crippen molar-refractivity contribution in [1.82, 2.24) is 5.43 Å². The van der Waals surface area contributed by atoms with Crippen LogP contribution in [-0.2, 0) is 0 Å². The fourth-order valence-corrected chi connectivity index (χ4v) is 3.24. The summed E-state index contributed by atoms with van der Waals surface area (Å²) in [6.45, 7) is 0. The van der Waals surface area contributed by atoms with Crippen molar-refractivity contribution in [1.29, 1.82) is 0 Å². The van der Waals surface area contributed by atoms with Gasteiger partial charge in [-0.2, -0.15) is 5.10 Å². The van der Waals surface area contributed by atoms with Crippen LogP contribution in [0, 0.1) is 0 Å². The van der Waals surface area contributed by atoms with E-state index in [0.717, 1.165) is 15.6 Å². The summed E-state index contributed by atoms with van der Waals surface area (Å²) in [5, 5.41) is 6.79. The molecule has 0 saturated carbocycles. The van der Waals surface area contributed by atoms with Gasteiger partial charge in [-0.25, -0.2) is 5.43 Å². The summed E-state index contributed by atoms with van der Waals surface area (Å²) >= 11 is 1.54. The molecule has 0 aliphatic rings. The number of carbonyl (C=O) groups excluding carboxylic acids is 1. The van der Waals surface area contributed by atoms with Crippen LogP contribution in [0.4, 0.5) is 0 Å². The van der Waals surface area contributed by atoms with Gasteiger partial charge in [0.2, 0.25) is 0 Å². The zero-order valence-corrected chi connectivity index (χ0v) is 14.1. The molecule has 24 heavy (non-hydrogen) atoms. The molecular formula is C18H16N2O3S. The lowest BCUT2D eigenvalue weighted by Gasteiger charge is -2.06. The molecule has 0 spiro atoms. The molecule has 3 aromatic rings. The Balaban J connectivity index is 1.75. The fourth-order valence-electron chi connectivity index (χ4n) is 2.30. The van der Waals surface area contributed by atoms with Crippen molar-refractivity contribution in [3.63, 3.8) is 0 Å². The second-order valence-corrected chi connectivity index (χ2v) is 5.86. The average molecular weight is 340 g/mol. The van der Waals surface area contributed by atoms with E-state index in [0.29, 0.717) is 17.1 Å². The van der Waals surface area contributed by atoms with Gasteiger partial charge in [-0.15, -0.1) is 11.3 Å². The van der Waals surface area contributed by atoms with Crippen molar-refractivity contribution in [3.05, 3.63) is 59.0 Å². The molecular weight excluding hydrogens is 324 g/mol. The molecule has 0 aliphatic heterocycles. The molecule has 0 saturated heterocycles. The summed E-state index contributed by atoms with van der Waals surface area (Å²) in [4.78, 5) is 12.3. The summed E-state index contributed by atoms with van der Waals surface area (Å²) < 4.78 is 11.5. The standard InChI is InChI=1S/C18H16N2O3S/c1-22-13-8-7-12(16(9-13)23-2)10-19-20-18(21)15-11-24-17-6-4-3-5-14(15)17/h3-11H,1-2H3,(H,20,21)/b19-10+. The zero-order valence-electron chi connectivity index (χ0n) is 13.3. The molecule has 5 nitrogen and oxygen atoms in total. The Kier molecular flexibility index (Phi) is 4.77. The van der Waals surface area contributed by atoms with Crippen molar-refractivity contribution < 1.29 is 14.3 Å². The Morgan fingerprint density at radius 1 is 1.17 bits per heavy atom. The Bertz CT molecular complexity index is 902. The molecule has 0 radical (unpaired) electrons. The van der Waals surface area contributed by atoms with Gasteiger partial charge >= 0.3 is 0 Å². The van der Waals surface area contributed by atoms with Gasteiger partial charge in [-0.1, -0.05) is 18.2 Å². The van der Waals surface area contributed by atoms with Crippen molar-refractivity contribution in [3.8, 4) is 11.5 Å². The fraction of sp³-hybridized carbons (Fsp3) is 0.111. The molecule has 0 atom stereocenters. The van der Waals surface area contributed by atoms with Gasteiger partial charge in [0, 0.05) is 27.1 Å². The van der Waals surface area contributed by atoms with Crippen LogP contribution < -0.4 is 14.9 Å². The first-order valence-corrected chi connectivity index (χ1v) is 8.12. The first kappa shape index (κ1) is 16.0. The molecule has 1 amide bonds. The molecule has 6 heteroatoms. The van der Waals surface area contributed by atoms with Crippen molar-refractivity contribution in [2.75, 3.05) is 14.2 Å². The van der Waals surface area contributed by atoms with E-state index in [1.165, 1.54) is 11.3 Å². The van der Waals surface area contributed by atoms with Crippen LogP contribution >= 0.6 is 11.3 Å². The maximum Gasteiger partial charge on any atom is 0.272 e. The number of nitrogens with zero attached hydrogens (tertiary/aromatic N) is 1. The predicted octanol–water partition coefficient (Wildman–Crippen LogP) is 3.68.